The van der Waals surface area contributed by atoms with E-state index in [0.717, 1.165) is 17.8 Å². The summed E-state index contributed by atoms with van der Waals surface area (Å²) in [5.74, 6) is 0.493. The van der Waals surface area contributed by atoms with E-state index in [-0.39, 0.29) is 11.8 Å². The number of benzene rings is 1. The summed E-state index contributed by atoms with van der Waals surface area (Å²) in [6.45, 7) is 0.661. The minimum atomic E-state index is -0.207. The van der Waals surface area contributed by atoms with Crippen molar-refractivity contribution in [1.29, 1.82) is 0 Å². The molecule has 7 nitrogen and oxygen atoms in total. The highest BCUT2D eigenvalue weighted by Gasteiger charge is 2.23. The van der Waals surface area contributed by atoms with Crippen molar-refractivity contribution in [1.82, 2.24) is 9.38 Å². The lowest BCUT2D eigenvalue weighted by Crippen LogP contribution is -2.35. The van der Waals surface area contributed by atoms with Crippen molar-refractivity contribution in [3.8, 4) is 5.75 Å². The van der Waals surface area contributed by atoms with E-state index >= 15 is 0 Å². The highest BCUT2D eigenvalue weighted by atomic mass is 32.1. The van der Waals surface area contributed by atoms with Gasteiger partial charge in [-0.25, -0.2) is 4.98 Å². The number of amides is 2. The summed E-state index contributed by atoms with van der Waals surface area (Å²) in [7, 11) is 1.58. The predicted molar refractivity (Wildman–Crippen MR) is 100 cm³/mol. The predicted octanol–water partition coefficient (Wildman–Crippen LogP) is 3.17. The molecule has 0 bridgehead atoms. The number of hydrogen-bond acceptors (Lipinski definition) is 5. The number of hydrogen-bond donors (Lipinski definition) is 1. The van der Waals surface area contributed by atoms with Gasteiger partial charge in [0, 0.05) is 37.2 Å². The van der Waals surface area contributed by atoms with E-state index < -0.39 is 0 Å². The van der Waals surface area contributed by atoms with Gasteiger partial charge in [-0.3, -0.25) is 14.0 Å². The van der Waals surface area contributed by atoms with Crippen molar-refractivity contribution in [2.75, 3.05) is 23.9 Å². The molecule has 1 aromatic carbocycles. The maximum absolute atomic E-state index is 12.5. The highest BCUT2D eigenvalue weighted by molar-refractivity contribution is 7.18. The van der Waals surface area contributed by atoms with Crippen molar-refractivity contribution in [3.05, 3.63) is 41.7 Å². The molecule has 1 N–H and O–H groups in total. The molecule has 1 aliphatic rings. The Morgan fingerprint density at radius 2 is 2.23 bits per heavy atom. The topological polar surface area (TPSA) is 75.9 Å². The van der Waals surface area contributed by atoms with Crippen LogP contribution in [0.25, 0.3) is 4.96 Å². The molecule has 1 aliphatic heterocycles. The second-order valence-electron chi connectivity index (χ2n) is 6.06. The Bertz CT molecular complexity index is 949. The van der Waals surface area contributed by atoms with Crippen LogP contribution in [0.4, 0.5) is 11.4 Å². The molecule has 3 aromatic rings. The Morgan fingerprint density at radius 1 is 1.35 bits per heavy atom. The van der Waals surface area contributed by atoms with Gasteiger partial charge < -0.3 is 15.0 Å². The molecule has 0 spiro atoms. The number of anilines is 2. The van der Waals surface area contributed by atoms with Gasteiger partial charge in [-0.1, -0.05) is 11.3 Å². The number of nitrogens with zero attached hydrogens (tertiary/aromatic N) is 3. The van der Waals surface area contributed by atoms with Gasteiger partial charge in [-0.2, -0.15) is 0 Å². The molecule has 0 saturated carbocycles. The molecule has 134 valence electrons. The number of imidazole rings is 1. The normalized spacial score (nSPS) is 14.7. The number of carbonyl (C=O) groups excluding carboxylic acids is 2. The van der Waals surface area contributed by atoms with Crippen LogP contribution in [0.15, 0.2) is 36.8 Å². The molecule has 26 heavy (non-hydrogen) atoms. The van der Waals surface area contributed by atoms with Gasteiger partial charge in [-0.05, 0) is 31.0 Å². The van der Waals surface area contributed by atoms with E-state index in [4.69, 9.17) is 4.74 Å². The van der Waals surface area contributed by atoms with Crippen molar-refractivity contribution in [2.24, 2.45) is 0 Å². The number of ether oxygens (including phenoxy) is 1. The van der Waals surface area contributed by atoms with E-state index in [1.165, 1.54) is 11.3 Å². The molecule has 8 heteroatoms. The minimum Gasteiger partial charge on any atom is -0.495 e. The Balaban J connectivity index is 1.60. The summed E-state index contributed by atoms with van der Waals surface area (Å²) in [5, 5.41) is 2.89. The van der Waals surface area contributed by atoms with Crippen LogP contribution < -0.4 is 15.0 Å². The summed E-state index contributed by atoms with van der Waals surface area (Å²) < 4.78 is 7.22. The second kappa shape index (κ2) is 6.80. The lowest BCUT2D eigenvalue weighted by Gasteiger charge is -2.28. The van der Waals surface area contributed by atoms with Crippen molar-refractivity contribution in [3.63, 3.8) is 0 Å². The van der Waals surface area contributed by atoms with Gasteiger partial charge in [0.05, 0.1) is 12.8 Å². The number of methoxy groups -OCH3 is 1. The smallest absolute Gasteiger partial charge is 0.267 e. The molecular weight excluding hydrogens is 352 g/mol. The first kappa shape index (κ1) is 16.6. The standard InChI is InChI=1S/C18H18N4O3S/c1-25-14-6-5-12(10-13(14)22-8-3-2-4-16(22)23)20-17(24)15-11-21-9-7-19-18(21)26-15/h5-7,9-11H,2-4,8H2,1H3,(H,20,24). The van der Waals surface area contributed by atoms with Crippen LogP contribution >= 0.6 is 11.3 Å². The SMILES string of the molecule is COc1ccc(NC(=O)c2cn3ccnc3s2)cc1N1CCCCC1=O. The average molecular weight is 370 g/mol. The van der Waals surface area contributed by atoms with Crippen LogP contribution in [0.3, 0.4) is 0 Å². The van der Waals surface area contributed by atoms with Gasteiger partial charge in [0.25, 0.3) is 5.91 Å². The zero-order valence-corrected chi connectivity index (χ0v) is 15.1. The molecule has 0 atom stereocenters. The lowest BCUT2D eigenvalue weighted by molar-refractivity contribution is -0.119. The van der Waals surface area contributed by atoms with E-state index in [1.807, 2.05) is 4.40 Å². The Kier molecular flexibility index (Phi) is 4.34. The summed E-state index contributed by atoms with van der Waals surface area (Å²) in [6.07, 6.45) is 7.65. The van der Waals surface area contributed by atoms with Crippen molar-refractivity contribution < 1.29 is 14.3 Å². The monoisotopic (exact) mass is 370 g/mol. The van der Waals surface area contributed by atoms with Gasteiger partial charge in [-0.15, -0.1) is 0 Å². The summed E-state index contributed by atoms with van der Waals surface area (Å²) >= 11 is 1.32. The molecule has 0 aliphatic carbocycles. The highest BCUT2D eigenvalue weighted by Crippen LogP contribution is 2.34. The quantitative estimate of drug-likeness (QED) is 0.765. The lowest BCUT2D eigenvalue weighted by atomic mass is 10.1. The largest absolute Gasteiger partial charge is 0.495 e. The molecule has 0 unspecified atom stereocenters. The van der Waals surface area contributed by atoms with E-state index in [1.54, 1.807) is 48.8 Å². The molecule has 0 radical (unpaired) electrons. The molecule has 2 aromatic heterocycles. The molecule has 4 rings (SSSR count). The van der Waals surface area contributed by atoms with Gasteiger partial charge in [0.2, 0.25) is 5.91 Å². The summed E-state index contributed by atoms with van der Waals surface area (Å²) in [5.41, 5.74) is 1.31. The average Bonchev–Trinajstić information content (AvgIpc) is 3.24. The van der Waals surface area contributed by atoms with Gasteiger partial charge in [0.15, 0.2) is 4.96 Å². The molecule has 3 heterocycles. The first-order valence-corrected chi connectivity index (χ1v) is 9.19. The number of aromatic nitrogens is 2. The van der Waals surface area contributed by atoms with Crippen molar-refractivity contribution in [2.45, 2.75) is 19.3 Å². The fourth-order valence-electron chi connectivity index (χ4n) is 3.06. The summed E-state index contributed by atoms with van der Waals surface area (Å²) in [6, 6.07) is 5.33. The van der Waals surface area contributed by atoms with Gasteiger partial charge in [0.1, 0.15) is 10.6 Å². The fourth-order valence-corrected chi connectivity index (χ4v) is 3.90. The first-order chi connectivity index (χ1) is 12.7. The fraction of sp³-hybridized carbons (Fsp3) is 0.278. The maximum Gasteiger partial charge on any atom is 0.267 e. The van der Waals surface area contributed by atoms with E-state index in [0.29, 0.717) is 35.0 Å². The first-order valence-electron chi connectivity index (χ1n) is 8.38. The third kappa shape index (κ3) is 3.03. The zero-order valence-electron chi connectivity index (χ0n) is 14.3. The molecular formula is C18H18N4O3S. The van der Waals surface area contributed by atoms with Crippen LogP contribution in [-0.2, 0) is 4.79 Å². The minimum absolute atomic E-state index is 0.0810. The Labute approximate surface area is 154 Å². The van der Waals surface area contributed by atoms with E-state index in [2.05, 4.69) is 10.3 Å². The number of fused-ring (bicyclic) bond motifs is 1. The maximum atomic E-state index is 12.5. The third-order valence-electron chi connectivity index (χ3n) is 4.37. The van der Waals surface area contributed by atoms with Gasteiger partial charge >= 0.3 is 0 Å². The second-order valence-corrected chi connectivity index (χ2v) is 7.06. The zero-order chi connectivity index (χ0) is 18.1. The van der Waals surface area contributed by atoms with E-state index in [9.17, 15) is 9.59 Å². The third-order valence-corrected chi connectivity index (χ3v) is 5.37. The van der Waals surface area contributed by atoms with Crippen LogP contribution in [0.2, 0.25) is 0 Å². The molecule has 1 fully saturated rings. The number of thiazole rings is 1. The van der Waals surface area contributed by atoms with Crippen LogP contribution in [-0.4, -0.2) is 34.9 Å². The van der Waals surface area contributed by atoms with Crippen LogP contribution in [0, 0.1) is 0 Å². The number of rotatable bonds is 4. The van der Waals surface area contributed by atoms with Crippen molar-refractivity contribution >= 4 is 39.5 Å². The Hall–Kier alpha value is -2.87. The summed E-state index contributed by atoms with van der Waals surface area (Å²) in [4.78, 5) is 32.0. The van der Waals surface area contributed by atoms with Crippen LogP contribution in [0.5, 0.6) is 5.75 Å². The number of carbonyl (C=O) groups is 2. The molecule has 1 saturated heterocycles. The number of nitrogens with one attached hydrogen (secondary N) is 1. The number of piperidine rings is 1. The Morgan fingerprint density at radius 3 is 3.00 bits per heavy atom. The van der Waals surface area contributed by atoms with Crippen LogP contribution in [0.1, 0.15) is 28.9 Å². The molecule has 2 amide bonds.